The predicted octanol–water partition coefficient (Wildman–Crippen LogP) is 0.516. The molecule has 0 atom stereocenters. The van der Waals surface area contributed by atoms with Crippen LogP contribution in [0.5, 0.6) is 0 Å². The smallest absolute Gasteiger partial charge is 0.261 e. The number of hydrogen-bond acceptors (Lipinski definition) is 4. The molecule has 1 aromatic heterocycles. The van der Waals surface area contributed by atoms with Gasteiger partial charge < -0.3 is 5.32 Å². The Morgan fingerprint density at radius 3 is 2.83 bits per heavy atom. The summed E-state index contributed by atoms with van der Waals surface area (Å²) < 4.78 is 24.0. The zero-order chi connectivity index (χ0) is 13.2. The highest BCUT2D eigenvalue weighted by atomic mass is 32.2. The van der Waals surface area contributed by atoms with E-state index in [1.165, 1.54) is 16.9 Å². The van der Waals surface area contributed by atoms with E-state index in [0.717, 1.165) is 24.0 Å². The zero-order valence-corrected chi connectivity index (χ0v) is 11.8. The van der Waals surface area contributed by atoms with E-state index in [4.69, 9.17) is 0 Å². The lowest BCUT2D eigenvalue weighted by Gasteiger charge is -2.04. The van der Waals surface area contributed by atoms with Gasteiger partial charge in [0.1, 0.15) is 0 Å². The van der Waals surface area contributed by atoms with Crippen molar-refractivity contribution >= 4 is 27.3 Å². The Kier molecular flexibility index (Phi) is 4.04. The molecule has 0 spiro atoms. The minimum Gasteiger partial charge on any atom is -0.350 e. The average Bonchev–Trinajstić information content (AvgIpc) is 2.82. The summed E-state index contributed by atoms with van der Waals surface area (Å²) in [6, 6.07) is 1.95. The highest BCUT2D eigenvalue weighted by Crippen LogP contribution is 2.30. The number of carbonyl (C=O) groups excluding carboxylic acids is 1. The van der Waals surface area contributed by atoms with E-state index in [9.17, 15) is 13.2 Å². The molecule has 1 aromatic rings. The van der Waals surface area contributed by atoms with Gasteiger partial charge in [-0.1, -0.05) is 0 Å². The zero-order valence-electron chi connectivity index (χ0n) is 10.2. The lowest BCUT2D eigenvalue weighted by atomic mass is 10.2. The molecular weight excluding hydrogens is 272 g/mol. The number of sulfonamides is 1. The van der Waals surface area contributed by atoms with E-state index >= 15 is 0 Å². The van der Waals surface area contributed by atoms with Crippen LogP contribution in [0.2, 0.25) is 0 Å². The Hall–Kier alpha value is -0.920. The number of nitrogens with one attached hydrogen (secondary N) is 2. The van der Waals surface area contributed by atoms with E-state index in [2.05, 4.69) is 10.0 Å². The van der Waals surface area contributed by atoms with E-state index in [1.54, 1.807) is 11.3 Å². The number of fused-ring (bicyclic) bond motifs is 1. The second kappa shape index (κ2) is 5.38. The van der Waals surface area contributed by atoms with Gasteiger partial charge in [0.25, 0.3) is 5.91 Å². The third kappa shape index (κ3) is 3.54. The molecular formula is C11H16N2O3S2. The van der Waals surface area contributed by atoms with Gasteiger partial charge in [-0.2, -0.15) is 0 Å². The Balaban J connectivity index is 1.81. The number of amides is 1. The van der Waals surface area contributed by atoms with Crippen LogP contribution in [0.25, 0.3) is 0 Å². The first-order chi connectivity index (χ1) is 8.46. The quantitative estimate of drug-likeness (QED) is 0.776. The SMILES string of the molecule is CS(=O)(=O)NCCNC(=O)c1cc2c(s1)CCC2. The van der Waals surface area contributed by atoms with Crippen molar-refractivity contribution in [1.29, 1.82) is 0 Å². The van der Waals surface area contributed by atoms with E-state index in [1.807, 2.05) is 6.07 Å². The van der Waals surface area contributed by atoms with Gasteiger partial charge in [-0.05, 0) is 30.9 Å². The molecule has 18 heavy (non-hydrogen) atoms. The number of hydrogen-bond donors (Lipinski definition) is 2. The van der Waals surface area contributed by atoms with E-state index in [-0.39, 0.29) is 12.5 Å². The molecule has 0 saturated heterocycles. The maximum absolute atomic E-state index is 11.8. The van der Waals surface area contributed by atoms with Crippen LogP contribution in [0.15, 0.2) is 6.07 Å². The predicted molar refractivity (Wildman–Crippen MR) is 71.5 cm³/mol. The summed E-state index contributed by atoms with van der Waals surface area (Å²) in [6.45, 7) is 0.518. The largest absolute Gasteiger partial charge is 0.350 e. The van der Waals surface area contributed by atoms with Crippen LogP contribution >= 0.6 is 11.3 Å². The van der Waals surface area contributed by atoms with Crippen LogP contribution in [-0.2, 0) is 22.9 Å². The molecule has 0 bridgehead atoms. The van der Waals surface area contributed by atoms with Gasteiger partial charge in [-0.25, -0.2) is 13.1 Å². The molecule has 2 rings (SSSR count). The molecule has 1 amide bonds. The van der Waals surface area contributed by atoms with Crippen molar-refractivity contribution in [2.75, 3.05) is 19.3 Å². The first-order valence-electron chi connectivity index (χ1n) is 5.80. The van der Waals surface area contributed by atoms with Crippen molar-refractivity contribution in [2.24, 2.45) is 0 Å². The van der Waals surface area contributed by atoms with Gasteiger partial charge in [0.05, 0.1) is 11.1 Å². The highest BCUT2D eigenvalue weighted by molar-refractivity contribution is 7.88. The minimum absolute atomic E-state index is 0.121. The Bertz CT molecular complexity index is 527. The molecule has 0 aromatic carbocycles. The van der Waals surface area contributed by atoms with Crippen molar-refractivity contribution < 1.29 is 13.2 Å². The summed E-state index contributed by atoms with van der Waals surface area (Å²) in [5.74, 6) is -0.121. The van der Waals surface area contributed by atoms with Crippen LogP contribution in [0.4, 0.5) is 0 Å². The standard InChI is InChI=1S/C11H16N2O3S2/c1-18(15,16)13-6-5-12-11(14)10-7-8-3-2-4-9(8)17-10/h7,13H,2-6H2,1H3,(H,12,14). The first-order valence-corrected chi connectivity index (χ1v) is 8.51. The number of rotatable bonds is 5. The molecule has 1 heterocycles. The lowest BCUT2D eigenvalue weighted by Crippen LogP contribution is -2.33. The monoisotopic (exact) mass is 288 g/mol. The van der Waals surface area contributed by atoms with Crippen molar-refractivity contribution in [3.8, 4) is 0 Å². The van der Waals surface area contributed by atoms with E-state index < -0.39 is 10.0 Å². The maximum atomic E-state index is 11.8. The normalized spacial score (nSPS) is 14.5. The molecule has 0 unspecified atom stereocenters. The molecule has 7 heteroatoms. The van der Waals surface area contributed by atoms with Gasteiger partial charge in [0, 0.05) is 18.0 Å². The van der Waals surface area contributed by atoms with Crippen molar-refractivity contribution in [3.63, 3.8) is 0 Å². The van der Waals surface area contributed by atoms with Gasteiger partial charge in [-0.15, -0.1) is 11.3 Å². The third-order valence-electron chi connectivity index (χ3n) is 2.75. The number of thiophene rings is 1. The summed E-state index contributed by atoms with van der Waals surface area (Å²) in [4.78, 5) is 13.8. The fourth-order valence-corrected chi connectivity index (χ4v) is 3.58. The minimum atomic E-state index is -3.18. The van der Waals surface area contributed by atoms with Crippen LogP contribution in [0, 0.1) is 0 Å². The molecule has 0 fully saturated rings. The van der Waals surface area contributed by atoms with Gasteiger partial charge in [0.15, 0.2) is 0 Å². The highest BCUT2D eigenvalue weighted by Gasteiger charge is 2.18. The Morgan fingerprint density at radius 1 is 1.39 bits per heavy atom. The van der Waals surface area contributed by atoms with Crippen molar-refractivity contribution in [3.05, 3.63) is 21.4 Å². The molecule has 1 aliphatic rings. The molecule has 100 valence electrons. The van der Waals surface area contributed by atoms with Crippen LogP contribution in [0.1, 0.15) is 26.5 Å². The third-order valence-corrected chi connectivity index (χ3v) is 4.71. The summed E-state index contributed by atoms with van der Waals surface area (Å²) in [5, 5.41) is 2.70. The molecule has 0 aliphatic heterocycles. The van der Waals surface area contributed by atoms with E-state index in [0.29, 0.717) is 6.54 Å². The summed E-state index contributed by atoms with van der Waals surface area (Å²) in [6.07, 6.45) is 4.41. The summed E-state index contributed by atoms with van der Waals surface area (Å²) in [5.41, 5.74) is 1.29. The fourth-order valence-electron chi connectivity index (χ4n) is 1.94. The van der Waals surface area contributed by atoms with Crippen molar-refractivity contribution in [2.45, 2.75) is 19.3 Å². The van der Waals surface area contributed by atoms with Crippen molar-refractivity contribution in [1.82, 2.24) is 10.0 Å². The maximum Gasteiger partial charge on any atom is 0.261 e. The van der Waals surface area contributed by atoms with Crippen LogP contribution in [0.3, 0.4) is 0 Å². The molecule has 1 aliphatic carbocycles. The fraction of sp³-hybridized carbons (Fsp3) is 0.545. The number of carbonyl (C=O) groups is 1. The second-order valence-electron chi connectivity index (χ2n) is 4.34. The molecule has 0 saturated carbocycles. The Morgan fingerprint density at radius 2 is 2.17 bits per heavy atom. The first kappa shape index (κ1) is 13.5. The summed E-state index contributed by atoms with van der Waals surface area (Å²) >= 11 is 1.54. The van der Waals surface area contributed by atoms with Gasteiger partial charge >= 0.3 is 0 Å². The second-order valence-corrected chi connectivity index (χ2v) is 7.30. The summed E-state index contributed by atoms with van der Waals surface area (Å²) in [7, 11) is -3.18. The average molecular weight is 288 g/mol. The van der Waals surface area contributed by atoms with Crippen LogP contribution < -0.4 is 10.0 Å². The topological polar surface area (TPSA) is 75.3 Å². The van der Waals surface area contributed by atoms with Gasteiger partial charge in [0.2, 0.25) is 10.0 Å². The Labute approximate surface area is 111 Å². The van der Waals surface area contributed by atoms with Crippen LogP contribution in [-0.4, -0.2) is 33.7 Å². The number of aryl methyl sites for hydroxylation is 2. The lowest BCUT2D eigenvalue weighted by molar-refractivity contribution is 0.0958. The van der Waals surface area contributed by atoms with Gasteiger partial charge in [-0.3, -0.25) is 4.79 Å². The molecule has 0 radical (unpaired) electrons. The molecule has 5 nitrogen and oxygen atoms in total. The molecule has 2 N–H and O–H groups in total.